The number of ether oxygens (including phenoxy) is 1. The van der Waals surface area contributed by atoms with Gasteiger partial charge >= 0.3 is 0 Å². The summed E-state index contributed by atoms with van der Waals surface area (Å²) in [5, 5.41) is 8.81. The zero-order valence-corrected chi connectivity index (χ0v) is 16.1. The van der Waals surface area contributed by atoms with E-state index in [0.717, 1.165) is 68.3 Å². The minimum Gasteiger partial charge on any atom is -0.376 e. The number of piperidine rings is 1. The summed E-state index contributed by atoms with van der Waals surface area (Å²) >= 11 is 0. The van der Waals surface area contributed by atoms with E-state index in [2.05, 4.69) is 40.0 Å². The third-order valence-electron chi connectivity index (χ3n) is 5.57. The van der Waals surface area contributed by atoms with Crippen LogP contribution < -0.4 is 10.5 Å². The lowest BCUT2D eigenvalue weighted by Gasteiger charge is -2.33. The van der Waals surface area contributed by atoms with E-state index in [0.29, 0.717) is 12.5 Å². The number of nitrogens with zero attached hydrogens (tertiary/aromatic N) is 5. The molecule has 27 heavy (non-hydrogen) atoms. The van der Waals surface area contributed by atoms with Crippen molar-refractivity contribution < 1.29 is 4.74 Å². The monoisotopic (exact) mass is 369 g/mol. The quantitative estimate of drug-likeness (QED) is 0.822. The number of fused-ring (bicyclic) bond motifs is 1. The van der Waals surface area contributed by atoms with Gasteiger partial charge in [0.05, 0.1) is 30.9 Å². The number of hydrogen-bond acceptors (Lipinski definition) is 6. The SMILES string of the molecule is CC(C)c1cc(=O)n(CC2CCN(c3cc4c(nn3)CCOC4)CC2)cn1. The van der Waals surface area contributed by atoms with Gasteiger partial charge in [0.2, 0.25) is 0 Å². The molecule has 0 atom stereocenters. The molecule has 0 amide bonds. The van der Waals surface area contributed by atoms with Gasteiger partial charge in [-0.2, -0.15) is 5.10 Å². The van der Waals surface area contributed by atoms with Gasteiger partial charge in [0.1, 0.15) is 0 Å². The van der Waals surface area contributed by atoms with Crippen LogP contribution in [0.25, 0.3) is 0 Å². The average Bonchev–Trinajstić information content (AvgIpc) is 2.69. The Balaban J connectivity index is 1.37. The molecule has 0 spiro atoms. The Bertz CT molecular complexity index is 856. The van der Waals surface area contributed by atoms with Gasteiger partial charge in [0.15, 0.2) is 5.82 Å². The summed E-state index contributed by atoms with van der Waals surface area (Å²) in [6.07, 6.45) is 4.63. The van der Waals surface area contributed by atoms with E-state index in [9.17, 15) is 4.79 Å². The second kappa shape index (κ2) is 7.76. The Labute approximate surface area is 159 Å². The van der Waals surface area contributed by atoms with Crippen molar-refractivity contribution >= 4 is 5.82 Å². The second-order valence-corrected chi connectivity index (χ2v) is 7.87. The molecule has 1 fully saturated rings. The van der Waals surface area contributed by atoms with Crippen molar-refractivity contribution in [3.63, 3.8) is 0 Å². The highest BCUT2D eigenvalue weighted by Crippen LogP contribution is 2.25. The van der Waals surface area contributed by atoms with Gasteiger partial charge in [-0.1, -0.05) is 13.8 Å². The molecule has 2 aromatic rings. The Morgan fingerprint density at radius 1 is 1.22 bits per heavy atom. The van der Waals surface area contributed by atoms with E-state index in [-0.39, 0.29) is 11.5 Å². The molecule has 0 unspecified atom stereocenters. The number of hydrogen-bond donors (Lipinski definition) is 0. The van der Waals surface area contributed by atoms with Gasteiger partial charge in [-0.3, -0.25) is 9.36 Å². The van der Waals surface area contributed by atoms with E-state index in [1.54, 1.807) is 17.0 Å². The summed E-state index contributed by atoms with van der Waals surface area (Å²) < 4.78 is 7.28. The molecule has 2 aliphatic rings. The molecule has 4 rings (SSSR count). The van der Waals surface area contributed by atoms with E-state index in [1.807, 2.05) is 0 Å². The first-order valence-corrected chi connectivity index (χ1v) is 9.84. The van der Waals surface area contributed by atoms with Crippen LogP contribution in [-0.4, -0.2) is 39.4 Å². The maximum absolute atomic E-state index is 12.3. The summed E-state index contributed by atoms with van der Waals surface area (Å²) in [7, 11) is 0. The molecule has 7 heteroatoms. The van der Waals surface area contributed by atoms with E-state index in [1.165, 1.54) is 0 Å². The highest BCUT2D eigenvalue weighted by atomic mass is 16.5. The first kappa shape index (κ1) is 18.1. The molecule has 4 heterocycles. The van der Waals surface area contributed by atoms with E-state index in [4.69, 9.17) is 4.74 Å². The Morgan fingerprint density at radius 3 is 2.78 bits per heavy atom. The van der Waals surface area contributed by atoms with Gasteiger partial charge in [-0.05, 0) is 30.7 Å². The number of aromatic nitrogens is 4. The minimum atomic E-state index is 0.0525. The largest absolute Gasteiger partial charge is 0.376 e. The minimum absolute atomic E-state index is 0.0525. The van der Waals surface area contributed by atoms with Crippen LogP contribution >= 0.6 is 0 Å². The average molecular weight is 369 g/mol. The summed E-state index contributed by atoms with van der Waals surface area (Å²) in [5.74, 6) is 1.70. The van der Waals surface area contributed by atoms with Gasteiger partial charge in [0, 0.05) is 37.7 Å². The summed E-state index contributed by atoms with van der Waals surface area (Å²) in [6.45, 7) is 8.09. The molecule has 2 aliphatic heterocycles. The highest BCUT2D eigenvalue weighted by Gasteiger charge is 2.22. The van der Waals surface area contributed by atoms with Crippen molar-refractivity contribution in [2.75, 3.05) is 24.6 Å². The van der Waals surface area contributed by atoms with Crippen LogP contribution in [0.2, 0.25) is 0 Å². The maximum Gasteiger partial charge on any atom is 0.253 e. The fraction of sp³-hybridized carbons (Fsp3) is 0.600. The summed E-state index contributed by atoms with van der Waals surface area (Å²) in [6, 6.07) is 3.80. The predicted molar refractivity (Wildman–Crippen MR) is 103 cm³/mol. The molecule has 1 saturated heterocycles. The van der Waals surface area contributed by atoms with Crippen molar-refractivity contribution in [1.82, 2.24) is 19.7 Å². The lowest BCUT2D eigenvalue weighted by Crippen LogP contribution is -2.37. The first-order chi connectivity index (χ1) is 13.1. The van der Waals surface area contributed by atoms with Crippen LogP contribution in [0.15, 0.2) is 23.3 Å². The normalized spacial score (nSPS) is 18.0. The topological polar surface area (TPSA) is 73.1 Å². The molecule has 7 nitrogen and oxygen atoms in total. The molecule has 0 N–H and O–H groups in total. The molecule has 0 radical (unpaired) electrons. The Hall–Kier alpha value is -2.28. The predicted octanol–water partition coefficient (Wildman–Crippen LogP) is 2.15. The zero-order valence-electron chi connectivity index (χ0n) is 16.1. The Kier molecular flexibility index (Phi) is 5.20. The third-order valence-corrected chi connectivity index (χ3v) is 5.57. The highest BCUT2D eigenvalue weighted by molar-refractivity contribution is 5.42. The van der Waals surface area contributed by atoms with Crippen LogP contribution in [0.5, 0.6) is 0 Å². The smallest absolute Gasteiger partial charge is 0.253 e. The standard InChI is InChI=1S/C20H27N5O2/c1-14(2)18-10-20(26)25(13-21-18)11-15-3-6-24(7-4-15)19-9-16-12-27-8-5-17(16)22-23-19/h9-10,13-15H,3-8,11-12H2,1-2H3. The molecule has 0 saturated carbocycles. The van der Waals surface area contributed by atoms with Crippen LogP contribution in [-0.2, 0) is 24.3 Å². The fourth-order valence-corrected chi connectivity index (χ4v) is 3.80. The summed E-state index contributed by atoms with van der Waals surface area (Å²) in [4.78, 5) is 19.0. The number of rotatable bonds is 4. The van der Waals surface area contributed by atoms with Crippen LogP contribution in [0.4, 0.5) is 5.82 Å². The third kappa shape index (κ3) is 4.03. The molecule has 0 bridgehead atoms. The van der Waals surface area contributed by atoms with Crippen molar-refractivity contribution in [3.8, 4) is 0 Å². The van der Waals surface area contributed by atoms with Crippen molar-refractivity contribution in [3.05, 3.63) is 45.8 Å². The van der Waals surface area contributed by atoms with Gasteiger partial charge in [0.25, 0.3) is 5.56 Å². The molecule has 2 aromatic heterocycles. The van der Waals surface area contributed by atoms with Crippen molar-refractivity contribution in [1.29, 1.82) is 0 Å². The van der Waals surface area contributed by atoms with Crippen LogP contribution in [0.1, 0.15) is 49.6 Å². The number of anilines is 1. The lowest BCUT2D eigenvalue weighted by molar-refractivity contribution is 0.108. The van der Waals surface area contributed by atoms with Gasteiger partial charge in [-0.15, -0.1) is 5.10 Å². The first-order valence-electron chi connectivity index (χ1n) is 9.84. The fourth-order valence-electron chi connectivity index (χ4n) is 3.80. The maximum atomic E-state index is 12.3. The molecule has 0 aliphatic carbocycles. The van der Waals surface area contributed by atoms with Crippen LogP contribution in [0, 0.1) is 5.92 Å². The van der Waals surface area contributed by atoms with E-state index < -0.39 is 0 Å². The Morgan fingerprint density at radius 2 is 2.04 bits per heavy atom. The summed E-state index contributed by atoms with van der Waals surface area (Å²) in [5.41, 5.74) is 3.14. The van der Waals surface area contributed by atoms with E-state index >= 15 is 0 Å². The van der Waals surface area contributed by atoms with Crippen molar-refractivity contribution in [2.24, 2.45) is 5.92 Å². The van der Waals surface area contributed by atoms with Gasteiger partial charge in [-0.25, -0.2) is 4.98 Å². The molecular formula is C20H27N5O2. The lowest BCUT2D eigenvalue weighted by atomic mass is 9.96. The molecule has 144 valence electrons. The second-order valence-electron chi connectivity index (χ2n) is 7.87. The molecule has 0 aromatic carbocycles. The zero-order chi connectivity index (χ0) is 18.8. The van der Waals surface area contributed by atoms with Crippen molar-refractivity contribution in [2.45, 2.75) is 52.2 Å². The molecular weight excluding hydrogens is 342 g/mol. The van der Waals surface area contributed by atoms with Crippen LogP contribution in [0.3, 0.4) is 0 Å². The van der Waals surface area contributed by atoms with Gasteiger partial charge < -0.3 is 9.64 Å².